The molecule has 0 fully saturated rings. The van der Waals surface area contributed by atoms with E-state index in [-0.39, 0.29) is 0 Å². The number of aromatic amines is 1. The van der Waals surface area contributed by atoms with Crippen molar-refractivity contribution in [3.63, 3.8) is 0 Å². The van der Waals surface area contributed by atoms with Gasteiger partial charge in [0.15, 0.2) is 0 Å². The van der Waals surface area contributed by atoms with E-state index in [0.717, 1.165) is 29.9 Å². The van der Waals surface area contributed by atoms with Crippen LogP contribution in [-0.2, 0) is 12.8 Å². The van der Waals surface area contributed by atoms with E-state index in [1.807, 2.05) is 19.3 Å². The molecule has 0 saturated carbocycles. The average molecular weight is 256 g/mol. The highest BCUT2D eigenvalue weighted by Crippen LogP contribution is 2.42. The van der Waals surface area contributed by atoms with Crippen molar-refractivity contribution in [2.24, 2.45) is 5.41 Å². The van der Waals surface area contributed by atoms with E-state index in [2.05, 4.69) is 40.4 Å². The van der Waals surface area contributed by atoms with Gasteiger partial charge in [0, 0.05) is 30.1 Å². The van der Waals surface area contributed by atoms with Crippen LogP contribution < -0.4 is 5.32 Å². The first kappa shape index (κ1) is 12.2. The SMILES string of the molecule is CCC1(C)Cc2[nH]nc(-c3ccnc(NC)c3)c2C1. The Balaban J connectivity index is 2.00. The normalized spacial score (nSPS) is 21.4. The number of fused-ring (bicyclic) bond motifs is 1. The van der Waals surface area contributed by atoms with Crippen molar-refractivity contribution in [3.8, 4) is 11.3 Å². The Morgan fingerprint density at radius 2 is 2.26 bits per heavy atom. The third-order valence-electron chi connectivity index (χ3n) is 4.30. The Kier molecular flexibility index (Phi) is 2.81. The highest BCUT2D eigenvalue weighted by molar-refractivity contribution is 5.67. The second-order valence-corrected chi connectivity index (χ2v) is 5.73. The van der Waals surface area contributed by atoms with Crippen LogP contribution in [0.3, 0.4) is 0 Å². The number of nitrogens with zero attached hydrogens (tertiary/aromatic N) is 2. The molecule has 0 aromatic carbocycles. The van der Waals surface area contributed by atoms with Crippen LogP contribution in [-0.4, -0.2) is 22.2 Å². The van der Waals surface area contributed by atoms with Gasteiger partial charge >= 0.3 is 0 Å². The fourth-order valence-electron chi connectivity index (χ4n) is 2.86. The van der Waals surface area contributed by atoms with E-state index in [1.165, 1.54) is 17.7 Å². The zero-order valence-electron chi connectivity index (χ0n) is 11.7. The molecule has 0 aliphatic heterocycles. The molecule has 1 aliphatic rings. The molecule has 0 bridgehead atoms. The summed E-state index contributed by atoms with van der Waals surface area (Å²) in [4.78, 5) is 4.26. The molecule has 2 heterocycles. The van der Waals surface area contributed by atoms with Gasteiger partial charge in [-0.05, 0) is 30.4 Å². The van der Waals surface area contributed by atoms with Crippen molar-refractivity contribution in [2.75, 3.05) is 12.4 Å². The summed E-state index contributed by atoms with van der Waals surface area (Å²) in [6, 6.07) is 4.08. The molecule has 2 aromatic heterocycles. The maximum atomic E-state index is 4.50. The summed E-state index contributed by atoms with van der Waals surface area (Å²) in [6.45, 7) is 4.63. The molecule has 2 aromatic rings. The molecule has 4 nitrogen and oxygen atoms in total. The van der Waals surface area contributed by atoms with Gasteiger partial charge in [0.05, 0.1) is 5.69 Å². The summed E-state index contributed by atoms with van der Waals surface area (Å²) in [5, 5.41) is 10.8. The van der Waals surface area contributed by atoms with Gasteiger partial charge in [-0.3, -0.25) is 5.10 Å². The van der Waals surface area contributed by atoms with E-state index in [9.17, 15) is 0 Å². The molecule has 3 rings (SSSR count). The number of rotatable bonds is 3. The highest BCUT2D eigenvalue weighted by atomic mass is 15.1. The van der Waals surface area contributed by atoms with Crippen LogP contribution in [0, 0.1) is 5.41 Å². The molecule has 19 heavy (non-hydrogen) atoms. The van der Waals surface area contributed by atoms with Gasteiger partial charge < -0.3 is 5.32 Å². The first-order valence-electron chi connectivity index (χ1n) is 6.85. The molecular weight excluding hydrogens is 236 g/mol. The van der Waals surface area contributed by atoms with Crippen LogP contribution >= 0.6 is 0 Å². The summed E-state index contributed by atoms with van der Waals surface area (Å²) < 4.78 is 0. The molecule has 1 aliphatic carbocycles. The van der Waals surface area contributed by atoms with Crippen LogP contribution in [0.4, 0.5) is 5.82 Å². The van der Waals surface area contributed by atoms with Gasteiger partial charge in [0.1, 0.15) is 5.82 Å². The lowest BCUT2D eigenvalue weighted by Crippen LogP contribution is -2.15. The van der Waals surface area contributed by atoms with Crippen molar-refractivity contribution in [3.05, 3.63) is 29.6 Å². The topological polar surface area (TPSA) is 53.6 Å². The molecule has 2 N–H and O–H groups in total. The number of hydrogen-bond acceptors (Lipinski definition) is 3. The fraction of sp³-hybridized carbons (Fsp3) is 0.467. The van der Waals surface area contributed by atoms with Crippen LogP contribution in [0.25, 0.3) is 11.3 Å². The van der Waals surface area contributed by atoms with Gasteiger partial charge in [-0.25, -0.2) is 4.98 Å². The molecule has 0 amide bonds. The van der Waals surface area contributed by atoms with Crippen molar-refractivity contribution >= 4 is 5.82 Å². The predicted octanol–water partition coefficient (Wildman–Crippen LogP) is 3.03. The van der Waals surface area contributed by atoms with E-state index in [0.29, 0.717) is 5.41 Å². The maximum Gasteiger partial charge on any atom is 0.126 e. The van der Waals surface area contributed by atoms with Gasteiger partial charge in [-0.1, -0.05) is 20.3 Å². The fourth-order valence-corrected chi connectivity index (χ4v) is 2.86. The number of pyridine rings is 1. The Hall–Kier alpha value is -1.84. The van der Waals surface area contributed by atoms with E-state index < -0.39 is 0 Å². The third kappa shape index (κ3) is 2.01. The number of H-pyrrole nitrogens is 1. The summed E-state index contributed by atoms with van der Waals surface area (Å²) >= 11 is 0. The van der Waals surface area contributed by atoms with Crippen molar-refractivity contribution in [2.45, 2.75) is 33.1 Å². The lowest BCUT2D eigenvalue weighted by Gasteiger charge is -2.20. The third-order valence-corrected chi connectivity index (χ3v) is 4.30. The maximum absolute atomic E-state index is 4.50. The van der Waals surface area contributed by atoms with Crippen molar-refractivity contribution in [1.82, 2.24) is 15.2 Å². The Morgan fingerprint density at radius 1 is 1.42 bits per heavy atom. The van der Waals surface area contributed by atoms with Gasteiger partial charge in [-0.2, -0.15) is 5.10 Å². The first-order chi connectivity index (χ1) is 9.15. The summed E-state index contributed by atoms with van der Waals surface area (Å²) in [6.07, 6.45) is 5.25. The Bertz CT molecular complexity index is 602. The minimum Gasteiger partial charge on any atom is -0.373 e. The van der Waals surface area contributed by atoms with E-state index in [1.54, 1.807) is 0 Å². The molecule has 0 radical (unpaired) electrons. The molecule has 1 unspecified atom stereocenters. The Labute approximate surface area is 113 Å². The van der Waals surface area contributed by atoms with Crippen molar-refractivity contribution < 1.29 is 0 Å². The van der Waals surface area contributed by atoms with Gasteiger partial charge in [0.25, 0.3) is 0 Å². The smallest absolute Gasteiger partial charge is 0.126 e. The predicted molar refractivity (Wildman–Crippen MR) is 77.2 cm³/mol. The van der Waals surface area contributed by atoms with Crippen LogP contribution in [0.2, 0.25) is 0 Å². The van der Waals surface area contributed by atoms with Crippen LogP contribution in [0.5, 0.6) is 0 Å². The zero-order valence-corrected chi connectivity index (χ0v) is 11.7. The molecule has 1 atom stereocenters. The van der Waals surface area contributed by atoms with Gasteiger partial charge in [-0.15, -0.1) is 0 Å². The average Bonchev–Trinajstić information content (AvgIpc) is 2.95. The van der Waals surface area contributed by atoms with E-state index in [4.69, 9.17) is 0 Å². The number of anilines is 1. The minimum absolute atomic E-state index is 0.387. The minimum atomic E-state index is 0.387. The first-order valence-corrected chi connectivity index (χ1v) is 6.85. The number of nitrogens with one attached hydrogen (secondary N) is 2. The molecule has 0 saturated heterocycles. The lowest BCUT2D eigenvalue weighted by atomic mass is 9.84. The summed E-state index contributed by atoms with van der Waals surface area (Å²) in [7, 11) is 1.88. The zero-order chi connectivity index (χ0) is 13.5. The number of aromatic nitrogens is 3. The monoisotopic (exact) mass is 256 g/mol. The molecule has 0 spiro atoms. The number of hydrogen-bond donors (Lipinski definition) is 2. The summed E-state index contributed by atoms with van der Waals surface area (Å²) in [5.41, 5.74) is 5.31. The standard InChI is InChI=1S/C15H20N4/c1-4-15(2)8-11-12(9-15)18-19-14(11)10-5-6-17-13(7-10)16-3/h5-7H,4,8-9H2,1-3H3,(H,16,17)(H,18,19). The van der Waals surface area contributed by atoms with Gasteiger partial charge in [0.2, 0.25) is 0 Å². The second kappa shape index (κ2) is 4.37. The second-order valence-electron chi connectivity index (χ2n) is 5.73. The summed E-state index contributed by atoms with van der Waals surface area (Å²) in [5.74, 6) is 0.880. The lowest BCUT2D eigenvalue weighted by molar-refractivity contribution is 0.329. The highest BCUT2D eigenvalue weighted by Gasteiger charge is 2.35. The quantitative estimate of drug-likeness (QED) is 0.887. The molecule has 4 heteroatoms. The molecular formula is C15H20N4. The van der Waals surface area contributed by atoms with E-state index >= 15 is 0 Å². The molecule has 100 valence electrons. The Morgan fingerprint density at radius 3 is 3.00 bits per heavy atom. The van der Waals surface area contributed by atoms with Crippen LogP contribution in [0.1, 0.15) is 31.5 Å². The van der Waals surface area contributed by atoms with Crippen molar-refractivity contribution in [1.29, 1.82) is 0 Å². The largest absolute Gasteiger partial charge is 0.373 e. The van der Waals surface area contributed by atoms with Crippen LogP contribution in [0.15, 0.2) is 18.3 Å².